The summed E-state index contributed by atoms with van der Waals surface area (Å²) in [6.45, 7) is 7.94. The smallest absolute Gasteiger partial charge is 0.259 e. The average molecular weight is 226 g/mol. The highest BCUT2D eigenvalue weighted by molar-refractivity contribution is 6.08. The summed E-state index contributed by atoms with van der Waals surface area (Å²) >= 11 is 0. The molecule has 1 aromatic rings. The zero-order valence-corrected chi connectivity index (χ0v) is 10.0. The zero-order chi connectivity index (χ0) is 12.6. The molecular weight excluding hydrogens is 212 g/mol. The van der Waals surface area contributed by atoms with Crippen molar-refractivity contribution in [2.45, 2.75) is 13.8 Å². The molecule has 0 aliphatic carbocycles. The van der Waals surface area contributed by atoms with Gasteiger partial charge in [-0.2, -0.15) is 5.26 Å². The molecule has 0 fully saturated rings. The summed E-state index contributed by atoms with van der Waals surface area (Å²) in [4.78, 5) is 13.7. The van der Waals surface area contributed by atoms with Gasteiger partial charge in [0.1, 0.15) is 0 Å². The molecule has 0 saturated heterocycles. The van der Waals surface area contributed by atoms with Crippen molar-refractivity contribution in [2.24, 2.45) is 5.41 Å². The third kappa shape index (κ3) is 1.83. The molecule has 0 atom stereocenters. The van der Waals surface area contributed by atoms with Gasteiger partial charge >= 0.3 is 0 Å². The molecule has 1 amide bonds. The number of hydrogen-bond donors (Lipinski definition) is 0. The Hall–Kier alpha value is -2.08. The lowest BCUT2D eigenvalue weighted by molar-refractivity contribution is 0.0825. The van der Waals surface area contributed by atoms with Gasteiger partial charge in [-0.1, -0.05) is 24.8 Å². The Morgan fingerprint density at radius 3 is 2.47 bits per heavy atom. The second-order valence-electron chi connectivity index (χ2n) is 4.88. The standard InChI is InChI=1S/C14H14N2O/c1-10-11-6-4-5-7-12(11)13(17)16(10)9-14(2,3)8-15/h4-7H,1,9H2,2-3H3. The van der Waals surface area contributed by atoms with Gasteiger partial charge in [0, 0.05) is 23.4 Å². The summed E-state index contributed by atoms with van der Waals surface area (Å²) < 4.78 is 0. The van der Waals surface area contributed by atoms with Crippen molar-refractivity contribution >= 4 is 11.6 Å². The molecule has 1 heterocycles. The lowest BCUT2D eigenvalue weighted by Crippen LogP contribution is -2.32. The minimum Gasteiger partial charge on any atom is -0.307 e. The van der Waals surface area contributed by atoms with Crippen LogP contribution < -0.4 is 0 Å². The van der Waals surface area contributed by atoms with E-state index in [0.29, 0.717) is 17.8 Å². The first-order valence-electron chi connectivity index (χ1n) is 5.48. The Balaban J connectivity index is 2.35. The van der Waals surface area contributed by atoms with Crippen LogP contribution in [0.2, 0.25) is 0 Å². The molecule has 0 bridgehead atoms. The molecule has 0 radical (unpaired) electrons. The molecule has 0 unspecified atom stereocenters. The van der Waals surface area contributed by atoms with Gasteiger partial charge in [0.15, 0.2) is 0 Å². The van der Waals surface area contributed by atoms with E-state index < -0.39 is 5.41 Å². The third-order valence-corrected chi connectivity index (χ3v) is 2.90. The number of carbonyl (C=O) groups is 1. The number of amides is 1. The van der Waals surface area contributed by atoms with Crippen molar-refractivity contribution < 1.29 is 4.79 Å². The van der Waals surface area contributed by atoms with E-state index in [2.05, 4.69) is 12.6 Å². The van der Waals surface area contributed by atoms with Crippen LogP contribution in [0, 0.1) is 16.7 Å². The summed E-state index contributed by atoms with van der Waals surface area (Å²) in [5.41, 5.74) is 1.66. The lowest BCUT2D eigenvalue weighted by atomic mass is 9.95. The van der Waals surface area contributed by atoms with Crippen LogP contribution in [-0.2, 0) is 0 Å². The molecule has 1 aliphatic rings. The van der Waals surface area contributed by atoms with E-state index in [0.717, 1.165) is 5.56 Å². The van der Waals surface area contributed by atoms with Gasteiger partial charge in [0.2, 0.25) is 0 Å². The van der Waals surface area contributed by atoms with Gasteiger partial charge < -0.3 is 4.90 Å². The van der Waals surface area contributed by atoms with Crippen molar-refractivity contribution in [2.75, 3.05) is 6.54 Å². The second-order valence-corrected chi connectivity index (χ2v) is 4.88. The molecule has 3 heteroatoms. The summed E-state index contributed by atoms with van der Waals surface area (Å²) in [6.07, 6.45) is 0. The molecule has 17 heavy (non-hydrogen) atoms. The largest absolute Gasteiger partial charge is 0.307 e. The molecule has 3 nitrogen and oxygen atoms in total. The van der Waals surface area contributed by atoms with E-state index >= 15 is 0 Å². The maximum Gasteiger partial charge on any atom is 0.259 e. The van der Waals surface area contributed by atoms with E-state index in [9.17, 15) is 4.79 Å². The van der Waals surface area contributed by atoms with Crippen LogP contribution in [-0.4, -0.2) is 17.4 Å². The Labute approximate surface area is 101 Å². The highest BCUT2D eigenvalue weighted by atomic mass is 16.2. The number of nitriles is 1. The van der Waals surface area contributed by atoms with Gasteiger partial charge in [-0.05, 0) is 19.9 Å². The third-order valence-electron chi connectivity index (χ3n) is 2.90. The highest BCUT2D eigenvalue weighted by Gasteiger charge is 2.34. The van der Waals surface area contributed by atoms with E-state index in [4.69, 9.17) is 5.26 Å². The predicted molar refractivity (Wildman–Crippen MR) is 65.9 cm³/mol. The Bertz CT molecular complexity index is 502. The van der Waals surface area contributed by atoms with Gasteiger partial charge in [-0.15, -0.1) is 0 Å². The van der Waals surface area contributed by atoms with E-state index in [1.807, 2.05) is 32.0 Å². The van der Waals surface area contributed by atoms with Gasteiger partial charge in [-0.3, -0.25) is 4.79 Å². The second kappa shape index (κ2) is 3.74. The molecule has 0 saturated carbocycles. The maximum absolute atomic E-state index is 12.2. The molecule has 2 rings (SSSR count). The molecule has 0 aromatic heterocycles. The topological polar surface area (TPSA) is 44.1 Å². The Kier molecular flexibility index (Phi) is 2.51. The first-order chi connectivity index (χ1) is 7.96. The summed E-state index contributed by atoms with van der Waals surface area (Å²) in [5, 5.41) is 9.03. The quantitative estimate of drug-likeness (QED) is 0.778. The molecular formula is C14H14N2O. The lowest BCUT2D eigenvalue weighted by Gasteiger charge is -2.24. The molecule has 1 aromatic carbocycles. The van der Waals surface area contributed by atoms with Crippen LogP contribution in [0.3, 0.4) is 0 Å². The Morgan fingerprint density at radius 1 is 1.35 bits per heavy atom. The van der Waals surface area contributed by atoms with Crippen LogP contribution in [0.25, 0.3) is 5.70 Å². The normalized spacial score (nSPS) is 14.8. The molecule has 0 N–H and O–H groups in total. The minimum atomic E-state index is -0.569. The maximum atomic E-state index is 12.2. The monoisotopic (exact) mass is 226 g/mol. The van der Waals surface area contributed by atoms with E-state index in [-0.39, 0.29) is 5.91 Å². The van der Waals surface area contributed by atoms with Crippen molar-refractivity contribution in [3.8, 4) is 6.07 Å². The molecule has 0 spiro atoms. The summed E-state index contributed by atoms with van der Waals surface area (Å²) in [5.74, 6) is -0.0612. The average Bonchev–Trinajstić information content (AvgIpc) is 2.55. The van der Waals surface area contributed by atoms with Crippen molar-refractivity contribution in [1.29, 1.82) is 5.26 Å². The van der Waals surface area contributed by atoms with Gasteiger partial charge in [-0.25, -0.2) is 0 Å². The molecule has 86 valence electrons. The number of rotatable bonds is 2. The number of nitrogens with zero attached hydrogens (tertiary/aromatic N) is 2. The van der Waals surface area contributed by atoms with Crippen molar-refractivity contribution in [1.82, 2.24) is 4.90 Å². The Morgan fingerprint density at radius 2 is 1.94 bits per heavy atom. The number of benzene rings is 1. The SMILES string of the molecule is C=C1c2ccccc2C(=O)N1CC(C)(C)C#N. The van der Waals surface area contributed by atoms with E-state index in [1.165, 1.54) is 0 Å². The first kappa shape index (κ1) is 11.4. The van der Waals surface area contributed by atoms with Crippen molar-refractivity contribution in [3.63, 3.8) is 0 Å². The van der Waals surface area contributed by atoms with E-state index in [1.54, 1.807) is 11.0 Å². The van der Waals surface area contributed by atoms with Gasteiger partial charge in [0.25, 0.3) is 5.91 Å². The molecule has 1 aliphatic heterocycles. The van der Waals surface area contributed by atoms with Crippen LogP contribution in [0.1, 0.15) is 29.8 Å². The fourth-order valence-electron chi connectivity index (χ4n) is 1.93. The predicted octanol–water partition coefficient (Wildman–Crippen LogP) is 2.66. The van der Waals surface area contributed by atoms with Crippen molar-refractivity contribution in [3.05, 3.63) is 42.0 Å². The minimum absolute atomic E-state index is 0.0612. The van der Waals surface area contributed by atoms with Crippen LogP contribution in [0.5, 0.6) is 0 Å². The summed E-state index contributed by atoms with van der Waals surface area (Å²) in [7, 11) is 0. The fraction of sp³-hybridized carbons (Fsp3) is 0.286. The van der Waals surface area contributed by atoms with Gasteiger partial charge in [0.05, 0.1) is 11.5 Å². The number of fused-ring (bicyclic) bond motifs is 1. The van der Waals surface area contributed by atoms with Crippen LogP contribution in [0.4, 0.5) is 0 Å². The summed E-state index contributed by atoms with van der Waals surface area (Å²) in [6, 6.07) is 9.60. The first-order valence-corrected chi connectivity index (χ1v) is 5.48. The zero-order valence-electron chi connectivity index (χ0n) is 10.0. The van der Waals surface area contributed by atoms with Crippen LogP contribution >= 0.6 is 0 Å². The number of carbonyl (C=O) groups excluding carboxylic acids is 1. The fourth-order valence-corrected chi connectivity index (χ4v) is 1.93. The highest BCUT2D eigenvalue weighted by Crippen LogP contribution is 2.33. The van der Waals surface area contributed by atoms with Crippen LogP contribution in [0.15, 0.2) is 30.8 Å². The number of hydrogen-bond acceptors (Lipinski definition) is 2.